The third kappa shape index (κ3) is 4.44. The van der Waals surface area contributed by atoms with E-state index < -0.39 is 17.6 Å². The number of rotatable bonds is 5. The average Bonchev–Trinajstić information content (AvgIpc) is 2.33. The van der Waals surface area contributed by atoms with Crippen LogP contribution in [-0.4, -0.2) is 26.2 Å². The third-order valence-electron chi connectivity index (χ3n) is 2.44. The molecule has 4 nitrogen and oxygen atoms in total. The largest absolute Gasteiger partial charge is 0.416 e. The van der Waals surface area contributed by atoms with Crippen LogP contribution in [0.15, 0.2) is 18.2 Å². The number of anilines is 1. The predicted octanol–water partition coefficient (Wildman–Crippen LogP) is 2.05. The van der Waals surface area contributed by atoms with Crippen LogP contribution in [0, 0.1) is 0 Å². The molecule has 0 spiro atoms. The lowest BCUT2D eigenvalue weighted by Gasteiger charge is -2.11. The molecule has 0 aliphatic rings. The minimum absolute atomic E-state index is 0.0113. The molecule has 1 aromatic carbocycles. The fourth-order valence-electron chi connectivity index (χ4n) is 1.44. The highest BCUT2D eigenvalue weighted by atomic mass is 19.4. The first-order valence-corrected chi connectivity index (χ1v) is 5.60. The summed E-state index contributed by atoms with van der Waals surface area (Å²) in [4.78, 5) is 11.7. The van der Waals surface area contributed by atoms with Gasteiger partial charge in [0.2, 0.25) is 0 Å². The molecule has 19 heavy (non-hydrogen) atoms. The molecule has 3 N–H and O–H groups in total. The lowest BCUT2D eigenvalue weighted by Crippen LogP contribution is -2.26. The maximum Gasteiger partial charge on any atom is 0.416 e. The van der Waals surface area contributed by atoms with Crippen molar-refractivity contribution in [1.29, 1.82) is 0 Å². The number of alkyl halides is 3. The first kappa shape index (κ1) is 15.3. The monoisotopic (exact) mass is 276 g/mol. The van der Waals surface area contributed by atoms with Crippen LogP contribution in [0.25, 0.3) is 0 Å². The third-order valence-corrected chi connectivity index (χ3v) is 2.44. The van der Waals surface area contributed by atoms with Crippen LogP contribution < -0.4 is 11.1 Å². The first-order chi connectivity index (χ1) is 8.86. The van der Waals surface area contributed by atoms with Gasteiger partial charge < -0.3 is 15.8 Å². The lowest BCUT2D eigenvalue weighted by atomic mass is 10.1. The molecule has 0 atom stereocenters. The van der Waals surface area contributed by atoms with Crippen molar-refractivity contribution in [3.05, 3.63) is 29.3 Å². The van der Waals surface area contributed by atoms with Gasteiger partial charge in [0.1, 0.15) is 0 Å². The highest BCUT2D eigenvalue weighted by Crippen LogP contribution is 2.31. The van der Waals surface area contributed by atoms with Gasteiger partial charge in [0.05, 0.1) is 11.1 Å². The predicted molar refractivity (Wildman–Crippen MR) is 64.7 cm³/mol. The lowest BCUT2D eigenvalue weighted by molar-refractivity contribution is -0.137. The van der Waals surface area contributed by atoms with Crippen molar-refractivity contribution in [2.75, 3.05) is 26.0 Å². The second-order valence-electron chi connectivity index (χ2n) is 3.90. The van der Waals surface area contributed by atoms with Crippen molar-refractivity contribution in [1.82, 2.24) is 5.32 Å². The van der Waals surface area contributed by atoms with Gasteiger partial charge in [-0.2, -0.15) is 13.2 Å². The maximum absolute atomic E-state index is 12.5. The minimum atomic E-state index is -4.50. The van der Waals surface area contributed by atoms with Gasteiger partial charge in [-0.25, -0.2) is 0 Å². The van der Waals surface area contributed by atoms with Crippen molar-refractivity contribution in [3.8, 4) is 0 Å². The van der Waals surface area contributed by atoms with Gasteiger partial charge >= 0.3 is 6.18 Å². The molecule has 0 radical (unpaired) electrons. The van der Waals surface area contributed by atoms with Crippen molar-refractivity contribution >= 4 is 11.6 Å². The van der Waals surface area contributed by atoms with E-state index in [0.29, 0.717) is 19.6 Å². The average molecular weight is 276 g/mol. The summed E-state index contributed by atoms with van der Waals surface area (Å²) in [6.07, 6.45) is -3.93. The molecular weight excluding hydrogens is 261 g/mol. The highest BCUT2D eigenvalue weighted by molar-refractivity contribution is 5.99. The number of hydrogen-bond donors (Lipinski definition) is 2. The van der Waals surface area contributed by atoms with Crippen molar-refractivity contribution < 1.29 is 22.7 Å². The van der Waals surface area contributed by atoms with Crippen LogP contribution in [0.1, 0.15) is 22.3 Å². The fourth-order valence-corrected chi connectivity index (χ4v) is 1.44. The molecule has 0 saturated carbocycles. The molecular formula is C12H15F3N2O2. The number of hydrogen-bond acceptors (Lipinski definition) is 3. The van der Waals surface area contributed by atoms with Crippen LogP contribution in [0.4, 0.5) is 18.9 Å². The van der Waals surface area contributed by atoms with Crippen LogP contribution in [0.3, 0.4) is 0 Å². The summed E-state index contributed by atoms with van der Waals surface area (Å²) >= 11 is 0. The summed E-state index contributed by atoms with van der Waals surface area (Å²) in [5.74, 6) is -0.625. The molecule has 7 heteroatoms. The first-order valence-electron chi connectivity index (χ1n) is 5.60. The zero-order chi connectivity index (χ0) is 14.5. The SMILES string of the molecule is COCCCNC(=O)c1cc(C(F)(F)F)ccc1N. The number of nitrogens with one attached hydrogen (secondary N) is 1. The van der Waals surface area contributed by atoms with E-state index in [-0.39, 0.29) is 11.3 Å². The topological polar surface area (TPSA) is 64.3 Å². The Morgan fingerprint density at radius 3 is 2.68 bits per heavy atom. The summed E-state index contributed by atoms with van der Waals surface area (Å²) in [5, 5.41) is 2.49. The quantitative estimate of drug-likeness (QED) is 0.639. The molecule has 1 aromatic rings. The van der Waals surface area contributed by atoms with E-state index in [1.165, 1.54) is 7.11 Å². The molecule has 1 amide bonds. The van der Waals surface area contributed by atoms with E-state index in [1.54, 1.807) is 0 Å². The second kappa shape index (κ2) is 6.42. The number of amides is 1. The van der Waals surface area contributed by atoms with Crippen molar-refractivity contribution in [2.45, 2.75) is 12.6 Å². The van der Waals surface area contributed by atoms with E-state index in [2.05, 4.69) is 5.32 Å². The van der Waals surface area contributed by atoms with Gasteiger partial charge in [-0.05, 0) is 24.6 Å². The van der Waals surface area contributed by atoms with Crippen molar-refractivity contribution in [2.24, 2.45) is 0 Å². The Kier molecular flexibility index (Phi) is 5.17. The Balaban J connectivity index is 2.78. The van der Waals surface area contributed by atoms with Gasteiger partial charge in [0.15, 0.2) is 0 Å². The normalized spacial score (nSPS) is 11.4. The molecule has 0 aromatic heterocycles. The molecule has 0 unspecified atom stereocenters. The number of halogens is 3. The zero-order valence-electron chi connectivity index (χ0n) is 10.4. The molecule has 0 fully saturated rings. The number of nitrogen functional groups attached to an aromatic ring is 1. The zero-order valence-corrected chi connectivity index (χ0v) is 10.4. The summed E-state index contributed by atoms with van der Waals surface area (Å²) in [6.45, 7) is 0.765. The van der Waals surface area contributed by atoms with Gasteiger partial charge in [-0.1, -0.05) is 0 Å². The Hall–Kier alpha value is -1.76. The standard InChI is InChI=1S/C12H15F3N2O2/c1-19-6-2-5-17-11(18)9-7-8(12(13,14)15)3-4-10(9)16/h3-4,7H,2,5-6,16H2,1H3,(H,17,18). The highest BCUT2D eigenvalue weighted by Gasteiger charge is 2.31. The number of ether oxygens (including phenoxy) is 1. The Morgan fingerprint density at radius 2 is 2.11 bits per heavy atom. The van der Waals surface area contributed by atoms with E-state index in [9.17, 15) is 18.0 Å². The molecule has 1 rings (SSSR count). The van der Waals surface area contributed by atoms with E-state index in [1.807, 2.05) is 0 Å². The number of benzene rings is 1. The van der Waals surface area contributed by atoms with Crippen molar-refractivity contribution in [3.63, 3.8) is 0 Å². The van der Waals surface area contributed by atoms with Crippen LogP contribution in [0.5, 0.6) is 0 Å². The summed E-state index contributed by atoms with van der Waals surface area (Å²) in [5.41, 5.74) is 4.45. The molecule has 0 bridgehead atoms. The Labute approximate surface area is 108 Å². The fraction of sp³-hybridized carbons (Fsp3) is 0.417. The molecule has 0 heterocycles. The molecule has 106 valence electrons. The van der Waals surface area contributed by atoms with E-state index >= 15 is 0 Å². The number of carbonyl (C=O) groups is 1. The summed E-state index contributed by atoms with van der Waals surface area (Å²) in [6, 6.07) is 2.67. The van der Waals surface area contributed by atoms with Crippen LogP contribution in [0.2, 0.25) is 0 Å². The van der Waals surface area contributed by atoms with Gasteiger partial charge in [0.25, 0.3) is 5.91 Å². The summed E-state index contributed by atoms with van der Waals surface area (Å²) < 4.78 is 42.4. The molecule has 0 aliphatic heterocycles. The van der Waals surface area contributed by atoms with Crippen LogP contribution in [-0.2, 0) is 10.9 Å². The van der Waals surface area contributed by atoms with E-state index in [0.717, 1.165) is 18.2 Å². The number of nitrogens with two attached hydrogens (primary N) is 1. The minimum Gasteiger partial charge on any atom is -0.398 e. The molecule has 0 aliphatic carbocycles. The van der Waals surface area contributed by atoms with Gasteiger partial charge in [0, 0.05) is 25.9 Å². The second-order valence-corrected chi connectivity index (χ2v) is 3.90. The molecule has 0 saturated heterocycles. The van der Waals surface area contributed by atoms with Gasteiger partial charge in [-0.3, -0.25) is 4.79 Å². The summed E-state index contributed by atoms with van der Waals surface area (Å²) in [7, 11) is 1.52. The maximum atomic E-state index is 12.5. The van der Waals surface area contributed by atoms with Crippen LogP contribution >= 0.6 is 0 Å². The number of carbonyl (C=O) groups excluding carboxylic acids is 1. The Bertz CT molecular complexity index is 447. The van der Waals surface area contributed by atoms with E-state index in [4.69, 9.17) is 10.5 Å². The van der Waals surface area contributed by atoms with Gasteiger partial charge in [-0.15, -0.1) is 0 Å². The Morgan fingerprint density at radius 1 is 1.42 bits per heavy atom. The number of methoxy groups -OCH3 is 1. The smallest absolute Gasteiger partial charge is 0.398 e.